The molecule has 0 radical (unpaired) electrons. The van der Waals surface area contributed by atoms with Crippen molar-refractivity contribution in [3.8, 4) is 0 Å². The predicted octanol–water partition coefficient (Wildman–Crippen LogP) is 2.78. The lowest BCUT2D eigenvalue weighted by Crippen LogP contribution is -2.38. The fourth-order valence-electron chi connectivity index (χ4n) is 3.70. The summed E-state index contributed by atoms with van der Waals surface area (Å²) in [5.74, 6) is 0.182. The third-order valence-corrected chi connectivity index (χ3v) is 8.13. The monoisotopic (exact) mass is 456 g/mol. The second kappa shape index (κ2) is 7.91. The number of piperidine rings is 1. The van der Waals surface area contributed by atoms with Gasteiger partial charge in [-0.15, -0.1) is 0 Å². The number of hydrogen-bond donors (Lipinski definition) is 0. The van der Waals surface area contributed by atoms with E-state index in [-0.39, 0.29) is 28.9 Å². The van der Waals surface area contributed by atoms with Gasteiger partial charge in [0.15, 0.2) is 9.84 Å². The van der Waals surface area contributed by atoms with E-state index >= 15 is 0 Å². The second-order valence-electron chi connectivity index (χ2n) is 7.46. The van der Waals surface area contributed by atoms with E-state index < -0.39 is 9.84 Å². The molecule has 0 aliphatic carbocycles. The molecule has 0 spiro atoms. The molecule has 0 bridgehead atoms. The van der Waals surface area contributed by atoms with Gasteiger partial charge in [0.05, 0.1) is 10.6 Å². The first-order valence-electron chi connectivity index (χ1n) is 9.30. The third-order valence-electron chi connectivity index (χ3n) is 5.46. The van der Waals surface area contributed by atoms with Crippen LogP contribution in [0, 0.1) is 5.92 Å². The van der Waals surface area contributed by atoms with E-state index in [1.807, 2.05) is 0 Å². The van der Waals surface area contributed by atoms with Crippen molar-refractivity contribution in [3.05, 3.63) is 22.2 Å². The number of anilines is 1. The normalized spacial score (nSPS) is 17.9. The van der Waals surface area contributed by atoms with Crippen molar-refractivity contribution in [2.24, 2.45) is 5.92 Å². The van der Waals surface area contributed by atoms with Gasteiger partial charge in [-0.3, -0.25) is 9.59 Å². The van der Waals surface area contributed by atoms with Gasteiger partial charge in [0.2, 0.25) is 11.8 Å². The van der Waals surface area contributed by atoms with Crippen molar-refractivity contribution in [1.82, 2.24) is 4.90 Å². The molecule has 0 atom stereocenters. The third kappa shape index (κ3) is 4.37. The standard InChI is InChI=1S/C19H25BrN2O4S/c1-13-3-7-21(8-4-13)19(24)6-10-27(25,26)18-12-17-15(11-16(18)20)5-9-22(17)14(2)23/h11-13H,3-10H2,1-2H3. The minimum atomic E-state index is -3.64. The molecular formula is C19H25BrN2O4S. The predicted molar refractivity (Wildman–Crippen MR) is 108 cm³/mol. The van der Waals surface area contributed by atoms with E-state index in [4.69, 9.17) is 0 Å². The number of carbonyl (C=O) groups excluding carboxylic acids is 2. The average Bonchev–Trinajstić information content (AvgIpc) is 3.02. The summed E-state index contributed by atoms with van der Waals surface area (Å²) in [7, 11) is -3.64. The van der Waals surface area contributed by atoms with E-state index in [1.165, 1.54) is 6.92 Å². The first-order valence-corrected chi connectivity index (χ1v) is 11.7. The van der Waals surface area contributed by atoms with Crippen LogP contribution < -0.4 is 4.90 Å². The minimum Gasteiger partial charge on any atom is -0.343 e. The Morgan fingerprint density at radius 3 is 2.48 bits per heavy atom. The molecule has 27 heavy (non-hydrogen) atoms. The summed E-state index contributed by atoms with van der Waals surface area (Å²) < 4.78 is 26.2. The molecule has 2 aliphatic heterocycles. The largest absolute Gasteiger partial charge is 0.343 e. The lowest BCUT2D eigenvalue weighted by molar-refractivity contribution is -0.132. The maximum Gasteiger partial charge on any atom is 0.223 e. The Balaban J connectivity index is 1.74. The Morgan fingerprint density at radius 1 is 1.19 bits per heavy atom. The van der Waals surface area contributed by atoms with Gasteiger partial charge < -0.3 is 9.80 Å². The van der Waals surface area contributed by atoms with E-state index in [9.17, 15) is 18.0 Å². The van der Waals surface area contributed by atoms with Crippen molar-refractivity contribution in [3.63, 3.8) is 0 Å². The Labute approximate surface area is 168 Å². The van der Waals surface area contributed by atoms with Crippen LogP contribution in [0.3, 0.4) is 0 Å². The highest BCUT2D eigenvalue weighted by Crippen LogP contribution is 2.36. The van der Waals surface area contributed by atoms with Crippen LogP contribution in [-0.4, -0.2) is 50.5 Å². The van der Waals surface area contributed by atoms with Crippen LogP contribution >= 0.6 is 15.9 Å². The summed E-state index contributed by atoms with van der Waals surface area (Å²) in [6.07, 6.45) is 2.63. The van der Waals surface area contributed by atoms with Gasteiger partial charge in [-0.1, -0.05) is 6.92 Å². The quantitative estimate of drug-likeness (QED) is 0.697. The summed E-state index contributed by atoms with van der Waals surface area (Å²) in [5, 5.41) is 0. The van der Waals surface area contributed by atoms with Crippen molar-refractivity contribution in [1.29, 1.82) is 0 Å². The highest BCUT2D eigenvalue weighted by Gasteiger charge is 2.28. The summed E-state index contributed by atoms with van der Waals surface area (Å²) in [5.41, 5.74) is 1.61. The Morgan fingerprint density at radius 2 is 1.85 bits per heavy atom. The number of rotatable bonds is 4. The Kier molecular flexibility index (Phi) is 5.96. The highest BCUT2D eigenvalue weighted by atomic mass is 79.9. The molecule has 0 unspecified atom stereocenters. The van der Waals surface area contributed by atoms with Gasteiger partial charge in [0.25, 0.3) is 0 Å². The molecule has 2 aliphatic rings. The van der Waals surface area contributed by atoms with Crippen LogP contribution in [-0.2, 0) is 25.8 Å². The highest BCUT2D eigenvalue weighted by molar-refractivity contribution is 9.10. The molecular weight excluding hydrogens is 432 g/mol. The number of fused-ring (bicyclic) bond motifs is 1. The van der Waals surface area contributed by atoms with Crippen LogP contribution in [0.25, 0.3) is 0 Å². The molecule has 2 amide bonds. The van der Waals surface area contributed by atoms with Gasteiger partial charge in [-0.25, -0.2) is 8.42 Å². The van der Waals surface area contributed by atoms with Crippen LogP contribution in [0.4, 0.5) is 5.69 Å². The van der Waals surface area contributed by atoms with Crippen LogP contribution in [0.5, 0.6) is 0 Å². The number of halogens is 1. The number of sulfone groups is 1. The molecule has 3 rings (SSSR count). The average molecular weight is 457 g/mol. The van der Waals surface area contributed by atoms with Crippen molar-refractivity contribution in [2.75, 3.05) is 30.3 Å². The van der Waals surface area contributed by atoms with Gasteiger partial charge in [0, 0.05) is 43.1 Å². The van der Waals surface area contributed by atoms with Gasteiger partial charge >= 0.3 is 0 Å². The van der Waals surface area contributed by atoms with Gasteiger partial charge in [-0.05, 0) is 58.8 Å². The molecule has 8 heteroatoms. The maximum absolute atomic E-state index is 12.9. The molecule has 6 nitrogen and oxygen atoms in total. The second-order valence-corrected chi connectivity index (χ2v) is 10.4. The number of hydrogen-bond acceptors (Lipinski definition) is 4. The molecule has 1 saturated heterocycles. The lowest BCUT2D eigenvalue weighted by atomic mass is 9.99. The molecule has 1 aromatic rings. The fraction of sp³-hybridized carbons (Fsp3) is 0.579. The van der Waals surface area contributed by atoms with E-state index in [1.54, 1.807) is 21.9 Å². The molecule has 148 valence electrons. The molecule has 0 N–H and O–H groups in total. The smallest absolute Gasteiger partial charge is 0.223 e. The number of amides is 2. The summed E-state index contributed by atoms with van der Waals surface area (Å²) in [6.45, 7) is 5.62. The molecule has 2 heterocycles. The maximum atomic E-state index is 12.9. The van der Waals surface area contributed by atoms with Crippen molar-refractivity contribution >= 4 is 43.3 Å². The van der Waals surface area contributed by atoms with Crippen LogP contribution in [0.2, 0.25) is 0 Å². The summed E-state index contributed by atoms with van der Waals surface area (Å²) in [4.78, 5) is 27.7. The summed E-state index contributed by atoms with van der Waals surface area (Å²) >= 11 is 3.35. The van der Waals surface area contributed by atoms with Crippen LogP contribution in [0.1, 0.15) is 38.7 Å². The molecule has 1 aromatic carbocycles. The van der Waals surface area contributed by atoms with Crippen LogP contribution in [0.15, 0.2) is 21.5 Å². The lowest BCUT2D eigenvalue weighted by Gasteiger charge is -2.30. The van der Waals surface area contributed by atoms with Crippen molar-refractivity contribution in [2.45, 2.75) is 44.4 Å². The number of nitrogens with zero attached hydrogens (tertiary/aromatic N) is 2. The first-order chi connectivity index (χ1) is 12.7. The van der Waals surface area contributed by atoms with E-state index in [0.29, 0.717) is 42.1 Å². The molecule has 1 fully saturated rings. The number of likely N-dealkylation sites (tertiary alicyclic amines) is 1. The Bertz CT molecular complexity index is 861. The first kappa shape index (κ1) is 20.3. The van der Waals surface area contributed by atoms with E-state index in [0.717, 1.165) is 18.4 Å². The minimum absolute atomic E-state index is 0.0172. The SMILES string of the molecule is CC(=O)N1CCc2cc(Br)c(S(=O)(=O)CCC(=O)N3CCC(C)CC3)cc21. The molecule has 0 saturated carbocycles. The van der Waals surface area contributed by atoms with E-state index in [2.05, 4.69) is 22.9 Å². The zero-order valence-electron chi connectivity index (χ0n) is 15.7. The number of benzene rings is 1. The Hall–Kier alpha value is -1.41. The van der Waals surface area contributed by atoms with Gasteiger partial charge in [-0.2, -0.15) is 0 Å². The fourth-order valence-corrected chi connectivity index (χ4v) is 6.14. The zero-order valence-corrected chi connectivity index (χ0v) is 18.1. The topological polar surface area (TPSA) is 74.8 Å². The number of carbonyl (C=O) groups is 2. The zero-order chi connectivity index (χ0) is 19.8. The molecule has 0 aromatic heterocycles. The van der Waals surface area contributed by atoms with Gasteiger partial charge in [0.1, 0.15) is 0 Å². The summed E-state index contributed by atoms with van der Waals surface area (Å²) in [6, 6.07) is 3.34. The van der Waals surface area contributed by atoms with Crippen molar-refractivity contribution < 1.29 is 18.0 Å².